The van der Waals surface area contributed by atoms with Crippen LogP contribution in [0.25, 0.3) is 11.1 Å². The second-order valence-corrected chi connectivity index (χ2v) is 14.4. The molecule has 0 aromatic heterocycles. The van der Waals surface area contributed by atoms with Crippen LogP contribution < -0.4 is 0 Å². The van der Waals surface area contributed by atoms with Crippen LogP contribution in [0.5, 0.6) is 0 Å². The maximum absolute atomic E-state index is 13.5. The van der Waals surface area contributed by atoms with E-state index in [1.807, 2.05) is 18.2 Å². The van der Waals surface area contributed by atoms with Gasteiger partial charge in [-0.3, -0.25) is 4.79 Å². The summed E-state index contributed by atoms with van der Waals surface area (Å²) in [5.41, 5.74) is 8.05. The Labute approximate surface area is 257 Å². The molecule has 0 aliphatic heterocycles. The molecule has 232 valence electrons. The molecule has 5 rings (SSSR count). The molecular weight excluding hydrogens is 585 g/mol. The Kier molecular flexibility index (Phi) is 9.64. The summed E-state index contributed by atoms with van der Waals surface area (Å²) < 4.78 is 65.8. The number of benzene rings is 2. The van der Waals surface area contributed by atoms with Crippen molar-refractivity contribution >= 4 is 15.6 Å². The largest absolute Gasteiger partial charge is 0.417 e. The number of allylic oxidation sites excluding steroid dienone is 7. The number of hydrogen-bond donors (Lipinski definition) is 1. The molecule has 3 aliphatic carbocycles. The summed E-state index contributed by atoms with van der Waals surface area (Å²) in [6.45, 7) is 1.60. The molecule has 3 aliphatic rings. The first-order valence-corrected chi connectivity index (χ1v) is 16.7. The highest BCUT2D eigenvalue weighted by Crippen LogP contribution is 2.36. The van der Waals surface area contributed by atoms with Gasteiger partial charge in [-0.25, -0.2) is 8.42 Å². The molecule has 44 heavy (non-hydrogen) atoms. The third-order valence-electron chi connectivity index (χ3n) is 8.93. The van der Waals surface area contributed by atoms with Crippen LogP contribution in [-0.4, -0.2) is 36.8 Å². The molecule has 0 bridgehead atoms. The van der Waals surface area contributed by atoms with Crippen LogP contribution in [0.1, 0.15) is 63.0 Å². The van der Waals surface area contributed by atoms with E-state index in [-0.39, 0.29) is 23.0 Å². The van der Waals surface area contributed by atoms with E-state index >= 15 is 0 Å². The highest BCUT2D eigenvalue weighted by Gasteiger charge is 2.37. The lowest BCUT2D eigenvalue weighted by Gasteiger charge is -2.33. The fraction of sp³-hybridized carbons (Fsp3) is 0.389. The zero-order valence-electron chi connectivity index (χ0n) is 24.7. The van der Waals surface area contributed by atoms with Crippen LogP contribution in [-0.2, 0) is 27.5 Å². The van der Waals surface area contributed by atoms with Gasteiger partial charge in [0.05, 0.1) is 21.8 Å². The number of aliphatic hydroxyl groups is 1. The van der Waals surface area contributed by atoms with E-state index < -0.39 is 32.9 Å². The Hall–Kier alpha value is -3.45. The molecule has 3 atom stereocenters. The Bertz CT molecular complexity index is 1670. The number of ketones is 1. The lowest BCUT2D eigenvalue weighted by atomic mass is 9.82. The van der Waals surface area contributed by atoms with Gasteiger partial charge in [0, 0.05) is 6.42 Å². The quantitative estimate of drug-likeness (QED) is 0.228. The third-order valence-corrected chi connectivity index (χ3v) is 11.2. The molecule has 0 spiro atoms. The fourth-order valence-electron chi connectivity index (χ4n) is 6.45. The van der Waals surface area contributed by atoms with Crippen LogP contribution in [0.15, 0.2) is 100 Å². The van der Waals surface area contributed by atoms with Gasteiger partial charge in [-0.2, -0.15) is 13.2 Å². The molecule has 1 fully saturated rings. The first kappa shape index (κ1) is 32.0. The van der Waals surface area contributed by atoms with E-state index in [2.05, 4.69) is 23.9 Å². The van der Waals surface area contributed by atoms with Crippen LogP contribution in [0.2, 0.25) is 0 Å². The number of halogens is 3. The molecule has 0 heterocycles. The monoisotopic (exact) mass is 622 g/mol. The topological polar surface area (TPSA) is 71.4 Å². The first-order valence-electron chi connectivity index (χ1n) is 15.1. The minimum atomic E-state index is -4.42. The number of carbonyl (C=O) groups excluding carboxylic acids is 1. The maximum atomic E-state index is 13.5. The summed E-state index contributed by atoms with van der Waals surface area (Å²) in [5.74, 6) is 0.101. The number of fused-ring (bicyclic) bond motifs is 1. The molecule has 4 nitrogen and oxygen atoms in total. The molecule has 1 unspecified atom stereocenters. The van der Waals surface area contributed by atoms with Gasteiger partial charge in [-0.1, -0.05) is 48.1 Å². The Morgan fingerprint density at radius 3 is 2.45 bits per heavy atom. The summed E-state index contributed by atoms with van der Waals surface area (Å²) >= 11 is 0. The molecule has 0 saturated heterocycles. The van der Waals surface area contributed by atoms with E-state index in [0.717, 1.165) is 47.3 Å². The van der Waals surface area contributed by atoms with Gasteiger partial charge in [0.2, 0.25) is 0 Å². The molecule has 0 radical (unpaired) electrons. The number of rotatable bonds is 9. The summed E-state index contributed by atoms with van der Waals surface area (Å²) in [6.07, 6.45) is 7.07. The summed E-state index contributed by atoms with van der Waals surface area (Å²) in [5, 5.41) is 10.2. The Morgan fingerprint density at radius 2 is 1.75 bits per heavy atom. The predicted octanol–water partition coefficient (Wildman–Crippen LogP) is 7.97. The van der Waals surface area contributed by atoms with Crippen LogP contribution >= 0.6 is 0 Å². The predicted molar refractivity (Wildman–Crippen MR) is 166 cm³/mol. The van der Waals surface area contributed by atoms with E-state index in [4.69, 9.17) is 0 Å². The lowest BCUT2D eigenvalue weighted by molar-refractivity contribution is -0.116. The molecule has 2 aromatic carbocycles. The van der Waals surface area contributed by atoms with Gasteiger partial charge >= 0.3 is 6.18 Å². The molecule has 0 amide bonds. The van der Waals surface area contributed by atoms with Crippen molar-refractivity contribution in [2.45, 2.75) is 87.1 Å². The van der Waals surface area contributed by atoms with Crippen molar-refractivity contribution in [2.24, 2.45) is 5.92 Å². The highest BCUT2D eigenvalue weighted by molar-refractivity contribution is 7.92. The fourth-order valence-corrected chi connectivity index (χ4v) is 8.24. The normalized spacial score (nSPS) is 22.0. The van der Waals surface area contributed by atoms with Crippen molar-refractivity contribution < 1.29 is 31.5 Å². The smallest absolute Gasteiger partial charge is 0.393 e. The standard InChI is InChI=1S/C36H37F3O4S/c1-24(40)20-26-8-10-28-11-12-30(22-31(28)21-26)27-13-17-33(18-14-27)44(42,43)34-19-15-29(35(41)23-34)6-2-4-25-5-3-7-32(16-9-25)36(37,38)39/h5,7-9,11-14,16-18,22,29,34-35,41H,2,4,6,10,15,19-21,23H2,1H3/t29-,34?,35+/m1/s1. The van der Waals surface area contributed by atoms with Gasteiger partial charge in [0.15, 0.2) is 9.84 Å². The Morgan fingerprint density at radius 1 is 1.00 bits per heavy atom. The van der Waals surface area contributed by atoms with Crippen molar-refractivity contribution in [1.29, 1.82) is 0 Å². The number of Topliss-reactive ketones (excluding diaryl/α,β-unsaturated/α-hetero) is 1. The Balaban J connectivity index is 1.17. The number of hydrogen-bond acceptors (Lipinski definition) is 4. The number of alkyl halides is 3. The lowest BCUT2D eigenvalue weighted by Crippen LogP contribution is -2.36. The van der Waals surface area contributed by atoms with Crippen molar-refractivity contribution in [3.63, 3.8) is 0 Å². The summed E-state index contributed by atoms with van der Waals surface area (Å²) in [7, 11) is -3.63. The average Bonchev–Trinajstić information content (AvgIpc) is 3.23. The van der Waals surface area contributed by atoms with E-state index in [0.29, 0.717) is 38.5 Å². The van der Waals surface area contributed by atoms with Gasteiger partial charge in [0.1, 0.15) is 5.78 Å². The van der Waals surface area contributed by atoms with Gasteiger partial charge in [-0.05, 0) is 122 Å². The van der Waals surface area contributed by atoms with Gasteiger partial charge in [0.25, 0.3) is 0 Å². The minimum absolute atomic E-state index is 0.0502. The highest BCUT2D eigenvalue weighted by atomic mass is 32.2. The molecule has 8 heteroatoms. The molecular formula is C36H37F3O4S. The summed E-state index contributed by atoms with van der Waals surface area (Å²) in [6, 6.07) is 13.2. The van der Waals surface area contributed by atoms with Crippen LogP contribution in [0.4, 0.5) is 13.2 Å². The van der Waals surface area contributed by atoms with Crippen LogP contribution in [0, 0.1) is 5.92 Å². The summed E-state index contributed by atoms with van der Waals surface area (Å²) in [4.78, 5) is 11.8. The van der Waals surface area contributed by atoms with E-state index in [1.54, 1.807) is 25.1 Å². The molecule has 1 N–H and O–H groups in total. The van der Waals surface area contributed by atoms with Crippen molar-refractivity contribution in [3.8, 4) is 11.1 Å². The minimum Gasteiger partial charge on any atom is -0.393 e. The third kappa shape index (κ3) is 7.60. The maximum Gasteiger partial charge on any atom is 0.417 e. The second-order valence-electron chi connectivity index (χ2n) is 12.1. The first-order chi connectivity index (χ1) is 20.9. The zero-order valence-corrected chi connectivity index (χ0v) is 25.6. The van der Waals surface area contributed by atoms with E-state index in [1.165, 1.54) is 17.2 Å². The van der Waals surface area contributed by atoms with E-state index in [9.17, 15) is 31.5 Å². The second kappa shape index (κ2) is 13.3. The SMILES string of the molecule is CC(=O)CC1=CCc2ccc(-c3ccc(S(=O)(=O)C4CC[C@@H](CCCC5=CC=C(C(F)(F)F)C=C=C5)[C@@H](O)C4)cc3)cc2C1. The van der Waals surface area contributed by atoms with Crippen molar-refractivity contribution in [3.05, 3.63) is 106 Å². The van der Waals surface area contributed by atoms with Gasteiger partial charge < -0.3 is 5.11 Å². The number of sulfone groups is 1. The molecule has 1 saturated carbocycles. The number of carbonyl (C=O) groups is 1. The number of aliphatic hydroxyl groups excluding tert-OH is 1. The average molecular weight is 623 g/mol. The van der Waals surface area contributed by atoms with Crippen LogP contribution in [0.3, 0.4) is 0 Å². The zero-order chi connectivity index (χ0) is 31.5. The van der Waals surface area contributed by atoms with Crippen molar-refractivity contribution in [2.75, 3.05) is 0 Å². The van der Waals surface area contributed by atoms with Crippen molar-refractivity contribution in [1.82, 2.24) is 0 Å². The van der Waals surface area contributed by atoms with Gasteiger partial charge in [-0.15, -0.1) is 5.73 Å². The molecule has 2 aromatic rings.